The molecule has 0 spiro atoms. The van der Waals surface area contributed by atoms with Crippen LogP contribution in [-0.4, -0.2) is 41.1 Å². The van der Waals surface area contributed by atoms with Crippen molar-refractivity contribution >= 4 is 21.6 Å². The van der Waals surface area contributed by atoms with Crippen LogP contribution in [0.1, 0.15) is 18.4 Å². The number of benzene rings is 1. The smallest absolute Gasteiger partial charge is 0.235 e. The van der Waals surface area contributed by atoms with E-state index in [9.17, 15) is 4.39 Å². The van der Waals surface area contributed by atoms with Crippen LogP contribution in [0.15, 0.2) is 29.9 Å². The zero-order valence-corrected chi connectivity index (χ0v) is 15.1. The molecule has 1 saturated heterocycles. The normalized spacial score (nSPS) is 16.4. The lowest BCUT2D eigenvalue weighted by molar-refractivity contribution is 0.111. The van der Waals surface area contributed by atoms with Crippen molar-refractivity contribution in [3.8, 4) is 17.0 Å². The minimum absolute atomic E-state index is 0.177. The molecule has 3 aromatic rings. The van der Waals surface area contributed by atoms with Crippen LogP contribution < -0.4 is 4.74 Å². The molecule has 6 heteroatoms. The van der Waals surface area contributed by atoms with Gasteiger partial charge in [-0.1, -0.05) is 12.1 Å². The van der Waals surface area contributed by atoms with Crippen molar-refractivity contribution < 1.29 is 9.13 Å². The molecule has 1 aliphatic rings. The molecule has 0 unspecified atom stereocenters. The predicted octanol–water partition coefficient (Wildman–Crippen LogP) is 4.28. The third kappa shape index (κ3) is 3.24. The molecule has 0 bridgehead atoms. The number of nitrogens with zero attached hydrogens (tertiary/aromatic N) is 3. The van der Waals surface area contributed by atoms with Crippen LogP contribution in [-0.2, 0) is 0 Å². The molecular weight excluding hydrogens is 337 g/mol. The van der Waals surface area contributed by atoms with Crippen LogP contribution in [0.2, 0.25) is 0 Å². The first-order valence-corrected chi connectivity index (χ1v) is 9.33. The minimum atomic E-state index is -0.226. The van der Waals surface area contributed by atoms with Crippen LogP contribution in [0, 0.1) is 12.7 Å². The van der Waals surface area contributed by atoms with E-state index < -0.39 is 0 Å². The van der Waals surface area contributed by atoms with E-state index in [0.717, 1.165) is 47.3 Å². The summed E-state index contributed by atoms with van der Waals surface area (Å²) in [5.74, 6) is 0.388. The summed E-state index contributed by atoms with van der Waals surface area (Å²) in [5, 5.41) is 1.94. The van der Waals surface area contributed by atoms with E-state index in [2.05, 4.69) is 21.9 Å². The van der Waals surface area contributed by atoms with Crippen molar-refractivity contribution in [2.24, 2.45) is 0 Å². The van der Waals surface area contributed by atoms with Gasteiger partial charge < -0.3 is 9.64 Å². The molecule has 0 amide bonds. The fraction of sp³-hybridized carbons (Fsp3) is 0.368. The van der Waals surface area contributed by atoms with Crippen molar-refractivity contribution in [2.45, 2.75) is 25.9 Å². The van der Waals surface area contributed by atoms with Crippen LogP contribution >= 0.6 is 11.3 Å². The molecule has 0 N–H and O–H groups in total. The molecule has 0 aliphatic carbocycles. The fourth-order valence-electron chi connectivity index (χ4n) is 3.20. The number of halogens is 1. The maximum absolute atomic E-state index is 14.4. The van der Waals surface area contributed by atoms with Crippen molar-refractivity contribution in [2.75, 3.05) is 20.1 Å². The van der Waals surface area contributed by atoms with E-state index >= 15 is 0 Å². The van der Waals surface area contributed by atoms with E-state index in [1.165, 1.54) is 17.7 Å². The van der Waals surface area contributed by atoms with Crippen LogP contribution in [0.4, 0.5) is 4.39 Å². The standard InChI is InChI=1S/C19H20FN3OS/c1-12-3-4-14(16(20)9-12)15-10-25-18-17(15)21-11-22-19(18)24-13-5-7-23(2)8-6-13/h3-4,9-11,13H,5-8H2,1-2H3. The number of likely N-dealkylation sites (tertiary alicyclic amines) is 1. The Morgan fingerprint density at radius 2 is 2.00 bits per heavy atom. The van der Waals surface area contributed by atoms with Gasteiger partial charge in [0, 0.05) is 29.6 Å². The summed E-state index contributed by atoms with van der Waals surface area (Å²) in [6.45, 7) is 3.95. The number of thiophene rings is 1. The molecule has 1 fully saturated rings. The second-order valence-corrected chi connectivity index (χ2v) is 7.49. The molecule has 1 aromatic carbocycles. The van der Waals surface area contributed by atoms with Crippen molar-refractivity contribution in [3.63, 3.8) is 0 Å². The number of aryl methyl sites for hydroxylation is 1. The van der Waals surface area contributed by atoms with E-state index in [4.69, 9.17) is 4.74 Å². The summed E-state index contributed by atoms with van der Waals surface area (Å²) in [6.07, 6.45) is 3.67. The molecule has 4 rings (SSSR count). The summed E-state index contributed by atoms with van der Waals surface area (Å²) >= 11 is 1.51. The maximum atomic E-state index is 14.4. The lowest BCUT2D eigenvalue weighted by Crippen LogP contribution is -2.35. The minimum Gasteiger partial charge on any atom is -0.473 e. The Hall–Kier alpha value is -2.05. The Morgan fingerprint density at radius 3 is 2.76 bits per heavy atom. The lowest BCUT2D eigenvalue weighted by atomic mass is 10.1. The van der Waals surface area contributed by atoms with Gasteiger partial charge in [-0.05, 0) is 38.4 Å². The average Bonchev–Trinajstić information content (AvgIpc) is 3.02. The Kier molecular flexibility index (Phi) is 4.39. The first-order valence-electron chi connectivity index (χ1n) is 8.46. The van der Waals surface area contributed by atoms with Gasteiger partial charge in [0.1, 0.15) is 22.9 Å². The highest BCUT2D eigenvalue weighted by Gasteiger charge is 2.21. The molecule has 0 saturated carbocycles. The van der Waals surface area contributed by atoms with Crippen LogP contribution in [0.3, 0.4) is 0 Å². The highest BCUT2D eigenvalue weighted by molar-refractivity contribution is 7.18. The van der Waals surface area contributed by atoms with Gasteiger partial charge in [-0.2, -0.15) is 0 Å². The summed E-state index contributed by atoms with van der Waals surface area (Å²) in [5.41, 5.74) is 3.03. The molecular formula is C19H20FN3OS. The molecule has 1 aliphatic heterocycles. The van der Waals surface area contributed by atoms with Crippen molar-refractivity contribution in [1.82, 2.24) is 14.9 Å². The summed E-state index contributed by atoms with van der Waals surface area (Å²) in [4.78, 5) is 11.0. The summed E-state index contributed by atoms with van der Waals surface area (Å²) in [7, 11) is 2.13. The van der Waals surface area contributed by atoms with E-state index in [1.54, 1.807) is 6.07 Å². The van der Waals surface area contributed by atoms with Gasteiger partial charge in [0.2, 0.25) is 5.88 Å². The molecule has 130 valence electrons. The Balaban J connectivity index is 1.68. The largest absolute Gasteiger partial charge is 0.473 e. The third-order valence-electron chi connectivity index (χ3n) is 4.68. The van der Waals surface area contributed by atoms with E-state index in [-0.39, 0.29) is 11.9 Å². The highest BCUT2D eigenvalue weighted by atomic mass is 32.1. The number of ether oxygens (including phenoxy) is 1. The quantitative estimate of drug-likeness (QED) is 0.701. The van der Waals surface area contributed by atoms with Crippen molar-refractivity contribution in [3.05, 3.63) is 41.3 Å². The van der Waals surface area contributed by atoms with Gasteiger partial charge in [-0.3, -0.25) is 0 Å². The number of piperidine rings is 1. The molecule has 4 nitrogen and oxygen atoms in total. The Morgan fingerprint density at radius 1 is 1.20 bits per heavy atom. The zero-order chi connectivity index (χ0) is 17.4. The lowest BCUT2D eigenvalue weighted by Gasteiger charge is -2.28. The molecule has 25 heavy (non-hydrogen) atoms. The summed E-state index contributed by atoms with van der Waals surface area (Å²) < 4.78 is 21.4. The zero-order valence-electron chi connectivity index (χ0n) is 14.3. The topological polar surface area (TPSA) is 38.2 Å². The maximum Gasteiger partial charge on any atom is 0.235 e. The molecule has 0 radical (unpaired) electrons. The van der Waals surface area contributed by atoms with E-state index in [1.807, 2.05) is 24.4 Å². The second kappa shape index (κ2) is 6.69. The Bertz CT molecular complexity index is 903. The predicted molar refractivity (Wildman–Crippen MR) is 98.7 cm³/mol. The van der Waals surface area contributed by atoms with Gasteiger partial charge in [0.05, 0.1) is 5.52 Å². The monoisotopic (exact) mass is 357 g/mol. The van der Waals surface area contributed by atoms with Crippen LogP contribution in [0.5, 0.6) is 5.88 Å². The number of hydrogen-bond donors (Lipinski definition) is 0. The number of fused-ring (bicyclic) bond motifs is 1. The highest BCUT2D eigenvalue weighted by Crippen LogP contribution is 2.38. The van der Waals surface area contributed by atoms with Gasteiger partial charge in [-0.15, -0.1) is 11.3 Å². The van der Waals surface area contributed by atoms with Gasteiger partial charge >= 0.3 is 0 Å². The Labute approximate surface area is 150 Å². The third-order valence-corrected chi connectivity index (χ3v) is 5.64. The van der Waals surface area contributed by atoms with Gasteiger partial charge in [0.15, 0.2) is 0 Å². The summed E-state index contributed by atoms with van der Waals surface area (Å²) in [6, 6.07) is 5.28. The number of aromatic nitrogens is 2. The first-order chi connectivity index (χ1) is 12.1. The van der Waals surface area contributed by atoms with Crippen LogP contribution in [0.25, 0.3) is 21.3 Å². The SMILES string of the molecule is Cc1ccc(-c2csc3c(OC4CCN(C)CC4)ncnc23)c(F)c1. The van der Waals surface area contributed by atoms with Crippen molar-refractivity contribution in [1.29, 1.82) is 0 Å². The van der Waals surface area contributed by atoms with E-state index in [0.29, 0.717) is 11.4 Å². The van der Waals surface area contributed by atoms with Gasteiger partial charge in [-0.25, -0.2) is 14.4 Å². The fourth-order valence-corrected chi connectivity index (χ4v) is 4.15. The van der Waals surface area contributed by atoms with Gasteiger partial charge in [0.25, 0.3) is 0 Å². The molecule has 0 atom stereocenters. The second-order valence-electron chi connectivity index (χ2n) is 6.61. The number of hydrogen-bond acceptors (Lipinski definition) is 5. The molecule has 2 aromatic heterocycles. The first kappa shape index (κ1) is 16.4. The number of rotatable bonds is 3. The molecule has 3 heterocycles. The average molecular weight is 357 g/mol.